The second-order valence-electron chi connectivity index (χ2n) is 5.05. The van der Waals surface area contributed by atoms with Crippen molar-refractivity contribution in [3.63, 3.8) is 0 Å². The van der Waals surface area contributed by atoms with Crippen molar-refractivity contribution in [1.82, 2.24) is 0 Å². The normalized spacial score (nSPS) is 11.4. The third-order valence-electron chi connectivity index (χ3n) is 3.41. The Balaban J connectivity index is 1.87. The Morgan fingerprint density at radius 3 is 1.73 bits per heavy atom. The molecule has 22 heavy (non-hydrogen) atoms. The van der Waals surface area contributed by atoms with Gasteiger partial charge in [-0.15, -0.1) is 0 Å². The molecule has 0 fully saturated rings. The molecular weight excluding hydrogens is 293 g/mol. The number of rotatable bonds is 5. The molecule has 2 aromatic carbocycles. The number of halogens is 3. The highest BCUT2D eigenvalue weighted by molar-refractivity contribution is 5.87. The lowest BCUT2D eigenvalue weighted by Crippen LogP contribution is -2.04. The summed E-state index contributed by atoms with van der Waals surface area (Å²) in [4.78, 5) is 10.7. The fourth-order valence-corrected chi connectivity index (χ4v) is 2.17. The van der Waals surface area contributed by atoms with Crippen LogP contribution in [0.5, 0.6) is 0 Å². The molecule has 0 radical (unpaired) electrons. The molecule has 1 N–H and O–H groups in total. The minimum Gasteiger partial charge on any atom is -0.478 e. The van der Waals surface area contributed by atoms with E-state index < -0.39 is 17.7 Å². The molecule has 0 bridgehead atoms. The number of carboxylic acid groups (broad SMARTS) is 1. The van der Waals surface area contributed by atoms with Crippen LogP contribution in [0.2, 0.25) is 0 Å². The molecule has 0 aliphatic carbocycles. The molecule has 2 aromatic rings. The van der Waals surface area contributed by atoms with Crippen molar-refractivity contribution >= 4 is 5.97 Å². The van der Waals surface area contributed by atoms with Crippen LogP contribution in [-0.4, -0.2) is 11.1 Å². The van der Waals surface area contributed by atoms with Crippen molar-refractivity contribution in [3.05, 3.63) is 70.8 Å². The standard InChI is InChI=1S/C17H15F3O2/c18-17(19,20)15-10-6-13(7-11-15)3-1-2-12-4-8-14(9-5-12)16(21)22/h4-11H,1-3H2,(H,21,22). The quantitative estimate of drug-likeness (QED) is 0.878. The van der Waals surface area contributed by atoms with Crippen LogP contribution in [0.4, 0.5) is 13.2 Å². The molecule has 0 spiro atoms. The summed E-state index contributed by atoms with van der Waals surface area (Å²) in [6.45, 7) is 0. The molecule has 0 amide bonds. The van der Waals surface area contributed by atoms with Crippen LogP contribution < -0.4 is 0 Å². The minimum absolute atomic E-state index is 0.242. The Hall–Kier alpha value is -2.30. The lowest BCUT2D eigenvalue weighted by atomic mass is 10.0. The smallest absolute Gasteiger partial charge is 0.416 e. The summed E-state index contributed by atoms with van der Waals surface area (Å²) in [6, 6.07) is 11.8. The summed E-state index contributed by atoms with van der Waals surface area (Å²) in [5.41, 5.74) is 1.47. The van der Waals surface area contributed by atoms with Gasteiger partial charge >= 0.3 is 12.1 Å². The van der Waals surface area contributed by atoms with E-state index in [1.54, 1.807) is 24.3 Å². The van der Waals surface area contributed by atoms with Crippen LogP contribution in [0.3, 0.4) is 0 Å². The topological polar surface area (TPSA) is 37.3 Å². The molecule has 116 valence electrons. The second kappa shape index (κ2) is 6.64. The summed E-state index contributed by atoms with van der Waals surface area (Å²) in [7, 11) is 0. The van der Waals surface area contributed by atoms with Gasteiger partial charge in [-0.25, -0.2) is 4.79 Å². The number of carbonyl (C=O) groups is 1. The lowest BCUT2D eigenvalue weighted by molar-refractivity contribution is -0.137. The van der Waals surface area contributed by atoms with E-state index >= 15 is 0 Å². The highest BCUT2D eigenvalue weighted by Gasteiger charge is 2.29. The lowest BCUT2D eigenvalue weighted by Gasteiger charge is -2.07. The van der Waals surface area contributed by atoms with Gasteiger partial charge in [0.15, 0.2) is 0 Å². The predicted molar refractivity (Wildman–Crippen MR) is 76.9 cm³/mol. The zero-order valence-electron chi connectivity index (χ0n) is 11.7. The second-order valence-corrected chi connectivity index (χ2v) is 5.05. The first-order valence-electron chi connectivity index (χ1n) is 6.84. The molecule has 2 nitrogen and oxygen atoms in total. The van der Waals surface area contributed by atoms with Crippen molar-refractivity contribution < 1.29 is 23.1 Å². The van der Waals surface area contributed by atoms with Crippen molar-refractivity contribution in [2.75, 3.05) is 0 Å². The number of carboxylic acids is 1. The van der Waals surface area contributed by atoms with Gasteiger partial charge in [0.2, 0.25) is 0 Å². The summed E-state index contributed by atoms with van der Waals surface area (Å²) >= 11 is 0. The predicted octanol–water partition coefficient (Wildman–Crippen LogP) is 4.58. The largest absolute Gasteiger partial charge is 0.478 e. The van der Waals surface area contributed by atoms with Crippen LogP contribution in [0.1, 0.15) is 33.5 Å². The van der Waals surface area contributed by atoms with E-state index in [4.69, 9.17) is 5.11 Å². The maximum atomic E-state index is 12.4. The molecule has 0 saturated carbocycles. The van der Waals surface area contributed by atoms with Crippen molar-refractivity contribution in [1.29, 1.82) is 0 Å². The van der Waals surface area contributed by atoms with E-state index in [9.17, 15) is 18.0 Å². The number of hydrogen-bond acceptors (Lipinski definition) is 1. The zero-order valence-corrected chi connectivity index (χ0v) is 11.7. The summed E-state index contributed by atoms with van der Waals surface area (Å²) in [6.07, 6.45) is -2.08. The summed E-state index contributed by atoms with van der Waals surface area (Å²) in [5.74, 6) is -0.962. The van der Waals surface area contributed by atoms with Crippen molar-refractivity contribution in [2.24, 2.45) is 0 Å². The fraction of sp³-hybridized carbons (Fsp3) is 0.235. The van der Waals surface area contributed by atoms with Gasteiger partial charge in [-0.3, -0.25) is 0 Å². The number of aromatic carboxylic acids is 1. The van der Waals surface area contributed by atoms with Crippen LogP contribution in [0.25, 0.3) is 0 Å². The maximum absolute atomic E-state index is 12.4. The van der Waals surface area contributed by atoms with E-state index in [-0.39, 0.29) is 5.56 Å². The maximum Gasteiger partial charge on any atom is 0.416 e. The first-order valence-corrected chi connectivity index (χ1v) is 6.84. The molecule has 0 saturated heterocycles. The van der Waals surface area contributed by atoms with E-state index in [2.05, 4.69) is 0 Å². The average molecular weight is 308 g/mol. The van der Waals surface area contributed by atoms with Gasteiger partial charge < -0.3 is 5.11 Å². The van der Waals surface area contributed by atoms with Gasteiger partial charge in [-0.2, -0.15) is 13.2 Å². The Labute approximate surface area is 126 Å². The van der Waals surface area contributed by atoms with Gasteiger partial charge in [0.05, 0.1) is 11.1 Å². The first-order chi connectivity index (χ1) is 10.4. The van der Waals surface area contributed by atoms with Crippen molar-refractivity contribution in [3.8, 4) is 0 Å². The van der Waals surface area contributed by atoms with E-state index in [1.807, 2.05) is 0 Å². The highest BCUT2D eigenvalue weighted by Crippen LogP contribution is 2.29. The third kappa shape index (κ3) is 4.35. The Kier molecular flexibility index (Phi) is 4.85. The molecule has 0 aliphatic heterocycles. The van der Waals surface area contributed by atoms with Crippen LogP contribution in [-0.2, 0) is 19.0 Å². The molecule has 0 heterocycles. The van der Waals surface area contributed by atoms with E-state index in [0.29, 0.717) is 6.42 Å². The zero-order chi connectivity index (χ0) is 16.2. The molecule has 2 rings (SSSR count). The summed E-state index contributed by atoms with van der Waals surface area (Å²) in [5, 5.41) is 8.80. The molecular formula is C17H15F3O2. The highest BCUT2D eigenvalue weighted by atomic mass is 19.4. The molecule has 0 aromatic heterocycles. The Morgan fingerprint density at radius 1 is 0.864 bits per heavy atom. The van der Waals surface area contributed by atoms with Gasteiger partial charge in [0.1, 0.15) is 0 Å². The Bertz CT molecular complexity index is 628. The van der Waals surface area contributed by atoms with Crippen LogP contribution in [0.15, 0.2) is 48.5 Å². The fourth-order valence-electron chi connectivity index (χ4n) is 2.17. The monoisotopic (exact) mass is 308 g/mol. The minimum atomic E-state index is -4.30. The van der Waals surface area contributed by atoms with Crippen molar-refractivity contribution in [2.45, 2.75) is 25.4 Å². The van der Waals surface area contributed by atoms with Crippen LogP contribution >= 0.6 is 0 Å². The molecule has 0 aliphatic rings. The number of alkyl halides is 3. The Morgan fingerprint density at radius 2 is 1.32 bits per heavy atom. The van der Waals surface area contributed by atoms with Crippen LogP contribution in [0, 0.1) is 0 Å². The molecule has 0 atom stereocenters. The molecule has 0 unspecified atom stereocenters. The SMILES string of the molecule is O=C(O)c1ccc(CCCc2ccc(C(F)(F)F)cc2)cc1. The van der Waals surface area contributed by atoms with E-state index in [0.717, 1.165) is 36.1 Å². The van der Waals surface area contributed by atoms with Gasteiger partial charge in [-0.05, 0) is 54.7 Å². The van der Waals surface area contributed by atoms with Gasteiger partial charge in [0, 0.05) is 0 Å². The number of benzene rings is 2. The van der Waals surface area contributed by atoms with Gasteiger partial charge in [-0.1, -0.05) is 24.3 Å². The number of aryl methyl sites for hydroxylation is 2. The van der Waals surface area contributed by atoms with Gasteiger partial charge in [0.25, 0.3) is 0 Å². The summed E-state index contributed by atoms with van der Waals surface area (Å²) < 4.78 is 37.3. The average Bonchev–Trinajstić information content (AvgIpc) is 2.47. The third-order valence-corrected chi connectivity index (χ3v) is 3.41. The number of hydrogen-bond donors (Lipinski definition) is 1. The first kappa shape index (κ1) is 16.1. The van der Waals surface area contributed by atoms with E-state index in [1.165, 1.54) is 12.1 Å². The molecule has 5 heteroatoms.